The predicted octanol–water partition coefficient (Wildman–Crippen LogP) is 6.91. The summed E-state index contributed by atoms with van der Waals surface area (Å²) in [7, 11) is 1.96. The zero-order valence-corrected chi connectivity index (χ0v) is 20.9. The van der Waals surface area contributed by atoms with E-state index in [0.717, 1.165) is 34.0 Å². The SMILES string of the molecule is CN1NC=CN1c1cccc(Oc2ccc3c4ccccc4n(-c4cc(C(C)(C)C)ccn4)c3c2)c1. The normalized spacial score (nSPS) is 14.1. The highest BCUT2D eigenvalue weighted by atomic mass is 16.5. The Hall–Kier alpha value is -4.29. The maximum Gasteiger partial charge on any atom is 0.137 e. The van der Waals surface area contributed by atoms with E-state index in [9.17, 15) is 0 Å². The van der Waals surface area contributed by atoms with Crippen molar-refractivity contribution in [1.82, 2.24) is 20.1 Å². The van der Waals surface area contributed by atoms with Gasteiger partial charge in [-0.2, -0.15) is 0 Å². The van der Waals surface area contributed by atoms with Crippen LogP contribution in [-0.4, -0.2) is 21.7 Å². The zero-order chi connectivity index (χ0) is 24.9. The van der Waals surface area contributed by atoms with Gasteiger partial charge >= 0.3 is 0 Å². The average Bonchev–Trinajstić information content (AvgIpc) is 3.44. The summed E-state index contributed by atoms with van der Waals surface area (Å²) < 4.78 is 8.60. The fourth-order valence-electron chi connectivity index (χ4n) is 4.73. The zero-order valence-electron chi connectivity index (χ0n) is 20.9. The lowest BCUT2D eigenvalue weighted by Gasteiger charge is -2.24. The van der Waals surface area contributed by atoms with E-state index in [0.29, 0.717) is 0 Å². The number of pyridine rings is 1. The average molecular weight is 476 g/mol. The molecule has 0 saturated carbocycles. The van der Waals surface area contributed by atoms with Crippen molar-refractivity contribution in [3.63, 3.8) is 0 Å². The number of ether oxygens (including phenoxy) is 1. The lowest BCUT2D eigenvalue weighted by Crippen LogP contribution is -2.37. The number of hydrogen-bond acceptors (Lipinski definition) is 5. The third kappa shape index (κ3) is 3.85. The van der Waals surface area contributed by atoms with Crippen LogP contribution < -0.4 is 15.2 Å². The number of hydrazine groups is 2. The molecule has 0 spiro atoms. The van der Waals surface area contributed by atoms with Crippen molar-refractivity contribution in [2.24, 2.45) is 0 Å². The molecule has 0 radical (unpaired) electrons. The molecule has 0 fully saturated rings. The van der Waals surface area contributed by atoms with Gasteiger partial charge < -0.3 is 10.2 Å². The van der Waals surface area contributed by atoms with Gasteiger partial charge in [-0.05, 0) is 53.4 Å². The standard InChI is InChI=1S/C30H29N5O/c1-30(2,3)21-14-15-31-29(18-21)35-27-11-6-5-10-25(27)26-13-12-24(20-28(26)35)36-23-9-7-8-22(19-23)34-17-16-32-33(34)4/h5-20,32H,1-4H3. The first-order valence-corrected chi connectivity index (χ1v) is 12.1. The van der Waals surface area contributed by atoms with E-state index < -0.39 is 0 Å². The molecule has 5 aromatic rings. The van der Waals surface area contributed by atoms with E-state index in [1.165, 1.54) is 16.3 Å². The van der Waals surface area contributed by atoms with Crippen LogP contribution in [0.4, 0.5) is 5.69 Å². The molecule has 36 heavy (non-hydrogen) atoms. The van der Waals surface area contributed by atoms with Gasteiger partial charge in [0.2, 0.25) is 0 Å². The summed E-state index contributed by atoms with van der Waals surface area (Å²) in [5, 5.41) is 6.29. The Balaban J connectivity index is 1.45. The van der Waals surface area contributed by atoms with Gasteiger partial charge in [0.1, 0.15) is 17.3 Å². The Morgan fingerprint density at radius 2 is 1.61 bits per heavy atom. The molecule has 6 rings (SSSR count). The van der Waals surface area contributed by atoms with Crippen molar-refractivity contribution < 1.29 is 4.74 Å². The highest BCUT2D eigenvalue weighted by molar-refractivity contribution is 6.09. The molecule has 1 aliphatic rings. The van der Waals surface area contributed by atoms with Crippen molar-refractivity contribution in [1.29, 1.82) is 0 Å². The minimum absolute atomic E-state index is 0.0316. The van der Waals surface area contributed by atoms with E-state index in [1.807, 2.05) is 60.0 Å². The quantitative estimate of drug-likeness (QED) is 0.306. The summed E-state index contributed by atoms with van der Waals surface area (Å²) in [5.41, 5.74) is 7.61. The Kier molecular flexibility index (Phi) is 5.20. The van der Waals surface area contributed by atoms with Gasteiger partial charge in [-0.15, -0.1) is 5.12 Å². The van der Waals surface area contributed by atoms with Crippen LogP contribution in [-0.2, 0) is 5.41 Å². The maximum atomic E-state index is 6.36. The number of hydrogen-bond donors (Lipinski definition) is 1. The van der Waals surface area contributed by atoms with Gasteiger partial charge in [0.05, 0.1) is 16.7 Å². The molecular weight excluding hydrogens is 446 g/mol. The van der Waals surface area contributed by atoms with E-state index in [1.54, 1.807) is 0 Å². The van der Waals surface area contributed by atoms with Crippen molar-refractivity contribution in [3.05, 3.63) is 103 Å². The largest absolute Gasteiger partial charge is 0.457 e. The molecule has 0 atom stereocenters. The molecule has 1 N–H and O–H groups in total. The fourth-order valence-corrected chi connectivity index (χ4v) is 4.73. The number of rotatable bonds is 4. The predicted molar refractivity (Wildman–Crippen MR) is 146 cm³/mol. The first-order valence-electron chi connectivity index (χ1n) is 12.1. The number of benzene rings is 3. The molecule has 180 valence electrons. The first kappa shape index (κ1) is 22.2. The van der Waals surface area contributed by atoms with Crippen molar-refractivity contribution >= 4 is 27.5 Å². The minimum Gasteiger partial charge on any atom is -0.457 e. The Labute approximate surface area is 211 Å². The first-order chi connectivity index (χ1) is 17.4. The minimum atomic E-state index is 0.0316. The second-order valence-corrected chi connectivity index (χ2v) is 10.1. The molecule has 1 aliphatic heterocycles. The van der Waals surface area contributed by atoms with Crippen molar-refractivity contribution in [2.75, 3.05) is 12.1 Å². The van der Waals surface area contributed by atoms with Crippen LogP contribution in [0.5, 0.6) is 11.5 Å². The Bertz CT molecular complexity index is 1610. The molecule has 3 aromatic carbocycles. The number of fused-ring (bicyclic) bond motifs is 3. The van der Waals surface area contributed by atoms with Gasteiger partial charge in [0.15, 0.2) is 0 Å². The summed E-state index contributed by atoms with van der Waals surface area (Å²) in [6.07, 6.45) is 5.77. The monoisotopic (exact) mass is 475 g/mol. The number of anilines is 1. The second kappa shape index (κ2) is 8.43. The van der Waals surface area contributed by atoms with E-state index in [-0.39, 0.29) is 5.41 Å². The van der Waals surface area contributed by atoms with Crippen LogP contribution >= 0.6 is 0 Å². The molecule has 0 unspecified atom stereocenters. The van der Waals surface area contributed by atoms with Crippen LogP contribution in [0.15, 0.2) is 97.5 Å². The molecule has 6 nitrogen and oxygen atoms in total. The molecule has 3 heterocycles. The van der Waals surface area contributed by atoms with Gasteiger partial charge in [0, 0.05) is 48.5 Å². The molecule has 0 saturated heterocycles. The summed E-state index contributed by atoms with van der Waals surface area (Å²) in [6.45, 7) is 6.68. The van der Waals surface area contributed by atoms with Gasteiger partial charge in [-0.1, -0.05) is 45.0 Å². The van der Waals surface area contributed by atoms with Crippen LogP contribution in [0.3, 0.4) is 0 Å². The maximum absolute atomic E-state index is 6.36. The highest BCUT2D eigenvalue weighted by Gasteiger charge is 2.18. The van der Waals surface area contributed by atoms with Crippen molar-refractivity contribution in [2.45, 2.75) is 26.2 Å². The number of para-hydroxylation sites is 1. The lowest BCUT2D eigenvalue weighted by atomic mass is 9.88. The van der Waals surface area contributed by atoms with E-state index >= 15 is 0 Å². The topological polar surface area (TPSA) is 45.6 Å². The fraction of sp³-hybridized carbons (Fsp3) is 0.167. The smallest absolute Gasteiger partial charge is 0.137 e. The van der Waals surface area contributed by atoms with Gasteiger partial charge in [-0.3, -0.25) is 9.58 Å². The second-order valence-electron chi connectivity index (χ2n) is 10.1. The van der Waals surface area contributed by atoms with Crippen molar-refractivity contribution in [3.8, 4) is 17.3 Å². The van der Waals surface area contributed by atoms with Crippen LogP contribution in [0.25, 0.3) is 27.6 Å². The number of nitrogens with zero attached hydrogens (tertiary/aromatic N) is 4. The molecular formula is C30H29N5O. The number of nitrogens with one attached hydrogen (secondary N) is 1. The van der Waals surface area contributed by atoms with Crippen LogP contribution in [0.1, 0.15) is 26.3 Å². The number of aromatic nitrogens is 2. The van der Waals surface area contributed by atoms with Crippen LogP contribution in [0, 0.1) is 0 Å². The van der Waals surface area contributed by atoms with Crippen LogP contribution in [0.2, 0.25) is 0 Å². The molecule has 6 heteroatoms. The third-order valence-corrected chi connectivity index (χ3v) is 6.60. The molecule has 0 amide bonds. The van der Waals surface area contributed by atoms with E-state index in [2.05, 4.69) is 85.4 Å². The Morgan fingerprint density at radius 1 is 0.806 bits per heavy atom. The highest BCUT2D eigenvalue weighted by Crippen LogP contribution is 2.36. The molecule has 0 aliphatic carbocycles. The van der Waals surface area contributed by atoms with E-state index in [4.69, 9.17) is 9.72 Å². The molecule has 2 aromatic heterocycles. The van der Waals surface area contributed by atoms with Gasteiger partial charge in [-0.25, -0.2) is 4.98 Å². The lowest BCUT2D eigenvalue weighted by molar-refractivity contribution is 0.302. The third-order valence-electron chi connectivity index (χ3n) is 6.60. The summed E-state index contributed by atoms with van der Waals surface area (Å²) in [4.78, 5) is 4.77. The molecule has 0 bridgehead atoms. The summed E-state index contributed by atoms with van der Waals surface area (Å²) in [6, 6.07) is 27.1. The summed E-state index contributed by atoms with van der Waals surface area (Å²) in [5.74, 6) is 2.46. The summed E-state index contributed by atoms with van der Waals surface area (Å²) >= 11 is 0. The Morgan fingerprint density at radius 3 is 2.42 bits per heavy atom. The van der Waals surface area contributed by atoms with Gasteiger partial charge in [0.25, 0.3) is 0 Å².